The Hall–Kier alpha value is -2.88. The van der Waals surface area contributed by atoms with Crippen LogP contribution in [0, 0.1) is 11.3 Å². The molecule has 0 spiro atoms. The second kappa shape index (κ2) is 18.5. The number of esters is 1. The lowest BCUT2D eigenvalue weighted by molar-refractivity contribution is -0.151. The molecule has 0 bridgehead atoms. The first-order valence-corrected chi connectivity index (χ1v) is 19.2. The molecule has 0 radical (unpaired) electrons. The summed E-state index contributed by atoms with van der Waals surface area (Å²) in [6.45, 7) is 22.5. The summed E-state index contributed by atoms with van der Waals surface area (Å²) in [6, 6.07) is -0.757. The fraction of sp³-hybridized carbons (Fsp3) is 0.583. The number of hydrogen-bond donors (Lipinski definition) is 2. The molecule has 46 heavy (non-hydrogen) atoms. The van der Waals surface area contributed by atoms with Crippen LogP contribution in [0.1, 0.15) is 81.6 Å². The number of cyclic esters (lactones) is 1. The number of rotatable bonds is 15. The molecular weight excluding hydrogens is 620 g/mol. The van der Waals surface area contributed by atoms with Crippen molar-refractivity contribution in [3.63, 3.8) is 0 Å². The van der Waals surface area contributed by atoms with E-state index in [-0.39, 0.29) is 40.7 Å². The summed E-state index contributed by atoms with van der Waals surface area (Å²) in [5.74, 6) is -0.899. The maximum Gasteiger partial charge on any atom is 0.373 e. The first-order valence-electron chi connectivity index (χ1n) is 15.9. The van der Waals surface area contributed by atoms with Crippen molar-refractivity contribution < 1.29 is 28.3 Å². The minimum absolute atomic E-state index is 0.00193. The maximum absolute atomic E-state index is 13.1. The van der Waals surface area contributed by atoms with Crippen LogP contribution in [0.25, 0.3) is 0 Å². The van der Waals surface area contributed by atoms with Crippen LogP contribution in [-0.2, 0) is 28.3 Å². The van der Waals surface area contributed by atoms with Gasteiger partial charge < -0.3 is 24.5 Å². The lowest BCUT2D eigenvalue weighted by Gasteiger charge is -2.39. The molecule has 0 fully saturated rings. The molecule has 1 rings (SSSR count). The number of hydrogen-bond acceptors (Lipinski definition) is 6. The largest absolute Gasteiger partial charge is 0.490 e. The van der Waals surface area contributed by atoms with E-state index in [1.54, 1.807) is 24.4 Å². The van der Waals surface area contributed by atoms with Crippen molar-refractivity contribution in [3.8, 4) is 0 Å². The number of methoxy groups -OCH3 is 1. The Morgan fingerprint density at radius 3 is 2.28 bits per heavy atom. The number of amides is 2. The Morgan fingerprint density at radius 1 is 1.11 bits per heavy atom. The van der Waals surface area contributed by atoms with Gasteiger partial charge in [-0.1, -0.05) is 102 Å². The van der Waals surface area contributed by atoms with Crippen molar-refractivity contribution in [2.75, 3.05) is 7.11 Å². The predicted octanol–water partition coefficient (Wildman–Crippen LogP) is 8.00. The van der Waals surface area contributed by atoms with Gasteiger partial charge in [0.2, 0.25) is 11.8 Å². The standard InChI is InChI=1S/C36H57ClN2O6Si/c1-25(24-26(2)29-21-22-30(43-10)34(42)44-29)16-13-14-18-31(40)39-32(35(4,5)6)33(41)38-23-15-17-28(20-19-27(3)37)45-46(11,12)36(7,8)9/h13-16,18-19,22-24,26,28-29,32H,17,20-21H2,1-12H3,(H,38,41)(H,39,40)/b16-13-,18-14-,23-15-,25-24+,27-19+/t26-,28+,29-,32+/m0/s1. The molecule has 2 N–H and O–H groups in total. The quantitative estimate of drug-likeness (QED) is 0.0789. The van der Waals surface area contributed by atoms with Crippen LogP contribution in [0.4, 0.5) is 0 Å². The first kappa shape index (κ1) is 41.1. The van der Waals surface area contributed by atoms with Gasteiger partial charge in [0.1, 0.15) is 12.1 Å². The molecule has 1 heterocycles. The van der Waals surface area contributed by atoms with E-state index < -0.39 is 25.7 Å². The highest BCUT2D eigenvalue weighted by molar-refractivity contribution is 6.74. The Kier molecular flexibility index (Phi) is 16.5. The Balaban J connectivity index is 2.79. The SMILES string of the molecule is COC1=CC[C@@H]([C@@H](C)/C=C(C)/C=C\C=C/C(=O)N[C@H](C(=O)N/C=C\C[C@H](C/C=C(\C)Cl)O[Si](C)(C)C(C)(C)C)C(C)(C)C)OC1=O. The topological polar surface area (TPSA) is 103 Å². The van der Waals surface area contributed by atoms with Crippen molar-refractivity contribution >= 4 is 37.7 Å². The Labute approximate surface area is 283 Å². The van der Waals surface area contributed by atoms with Gasteiger partial charge in [-0.2, -0.15) is 0 Å². The molecule has 10 heteroatoms. The molecule has 0 unspecified atom stereocenters. The summed E-state index contributed by atoms with van der Waals surface area (Å²) in [5.41, 5.74) is 0.435. The Morgan fingerprint density at radius 2 is 1.74 bits per heavy atom. The molecule has 1 aliphatic heterocycles. The zero-order valence-corrected chi connectivity index (χ0v) is 31.7. The summed E-state index contributed by atoms with van der Waals surface area (Å²) in [7, 11) is -0.554. The summed E-state index contributed by atoms with van der Waals surface area (Å²) >= 11 is 6.09. The van der Waals surface area contributed by atoms with Crippen LogP contribution < -0.4 is 10.6 Å². The third-order valence-corrected chi connectivity index (χ3v) is 12.8. The van der Waals surface area contributed by atoms with Gasteiger partial charge in [-0.05, 0) is 62.5 Å². The average Bonchev–Trinajstić information content (AvgIpc) is 2.93. The molecular formula is C36H57ClN2O6Si. The molecule has 0 aromatic carbocycles. The fourth-order valence-corrected chi connectivity index (χ4v) is 5.82. The van der Waals surface area contributed by atoms with E-state index in [1.807, 2.05) is 65.8 Å². The smallest absolute Gasteiger partial charge is 0.373 e. The van der Waals surface area contributed by atoms with Crippen molar-refractivity contribution in [1.29, 1.82) is 0 Å². The van der Waals surface area contributed by atoms with Crippen LogP contribution in [0.3, 0.4) is 0 Å². The number of halogens is 1. The molecule has 2 amide bonds. The van der Waals surface area contributed by atoms with Gasteiger partial charge in [0.15, 0.2) is 14.1 Å². The molecule has 0 saturated carbocycles. The molecule has 0 aliphatic carbocycles. The van der Waals surface area contributed by atoms with Crippen molar-refractivity contribution in [2.24, 2.45) is 11.3 Å². The lowest BCUT2D eigenvalue weighted by atomic mass is 9.86. The van der Waals surface area contributed by atoms with E-state index in [0.717, 1.165) is 10.6 Å². The van der Waals surface area contributed by atoms with Crippen molar-refractivity contribution in [3.05, 3.63) is 71.2 Å². The number of allylic oxidation sites excluding steroid dienone is 5. The molecule has 0 aromatic rings. The van der Waals surface area contributed by atoms with Gasteiger partial charge in [-0.3, -0.25) is 9.59 Å². The Bertz CT molecular complexity index is 1230. The van der Waals surface area contributed by atoms with E-state index in [9.17, 15) is 14.4 Å². The van der Waals surface area contributed by atoms with Gasteiger partial charge >= 0.3 is 5.97 Å². The van der Waals surface area contributed by atoms with E-state index in [4.69, 9.17) is 25.5 Å². The van der Waals surface area contributed by atoms with E-state index in [1.165, 1.54) is 13.2 Å². The van der Waals surface area contributed by atoms with E-state index in [2.05, 4.69) is 44.5 Å². The van der Waals surface area contributed by atoms with E-state index in [0.29, 0.717) is 19.3 Å². The summed E-state index contributed by atoms with van der Waals surface area (Å²) in [6.07, 6.45) is 17.4. The van der Waals surface area contributed by atoms with Crippen molar-refractivity contribution in [2.45, 2.75) is 118 Å². The third kappa shape index (κ3) is 14.7. The second-order valence-electron chi connectivity index (χ2n) is 14.4. The zero-order valence-electron chi connectivity index (χ0n) is 30.0. The lowest BCUT2D eigenvalue weighted by Crippen LogP contribution is -2.52. The third-order valence-electron chi connectivity index (χ3n) is 8.13. The monoisotopic (exact) mass is 676 g/mol. The minimum Gasteiger partial charge on any atom is -0.490 e. The van der Waals surface area contributed by atoms with Crippen LogP contribution in [0.15, 0.2) is 71.2 Å². The fourth-order valence-electron chi connectivity index (χ4n) is 4.36. The predicted molar refractivity (Wildman–Crippen MR) is 190 cm³/mol. The molecule has 258 valence electrons. The summed E-state index contributed by atoms with van der Waals surface area (Å²) in [5, 5.41) is 6.46. The second-order valence-corrected chi connectivity index (χ2v) is 19.8. The summed E-state index contributed by atoms with van der Waals surface area (Å²) in [4.78, 5) is 37.8. The summed E-state index contributed by atoms with van der Waals surface area (Å²) < 4.78 is 17.1. The number of carbonyl (C=O) groups excluding carboxylic acids is 3. The van der Waals surface area contributed by atoms with Gasteiger partial charge in [-0.15, -0.1) is 0 Å². The molecule has 8 nitrogen and oxygen atoms in total. The van der Waals surface area contributed by atoms with E-state index >= 15 is 0 Å². The molecule has 0 aromatic heterocycles. The first-order chi connectivity index (χ1) is 21.2. The number of ether oxygens (including phenoxy) is 2. The number of nitrogens with one attached hydrogen (secondary N) is 2. The normalized spacial score (nSPS) is 19.2. The van der Waals surface area contributed by atoms with Crippen LogP contribution in [0.5, 0.6) is 0 Å². The highest BCUT2D eigenvalue weighted by atomic mass is 35.5. The minimum atomic E-state index is -2.00. The maximum atomic E-state index is 13.1. The molecule has 1 aliphatic rings. The van der Waals surface area contributed by atoms with Gasteiger partial charge in [0.25, 0.3) is 0 Å². The van der Waals surface area contributed by atoms with Gasteiger partial charge in [-0.25, -0.2) is 4.79 Å². The van der Waals surface area contributed by atoms with Crippen LogP contribution in [-0.4, -0.2) is 51.5 Å². The average molecular weight is 677 g/mol. The van der Waals surface area contributed by atoms with Gasteiger partial charge in [0, 0.05) is 23.4 Å². The van der Waals surface area contributed by atoms with Crippen molar-refractivity contribution in [1.82, 2.24) is 10.6 Å². The highest BCUT2D eigenvalue weighted by Crippen LogP contribution is 2.38. The molecule has 0 saturated heterocycles. The van der Waals surface area contributed by atoms with Crippen LogP contribution >= 0.6 is 11.6 Å². The van der Waals surface area contributed by atoms with Gasteiger partial charge in [0.05, 0.1) is 13.2 Å². The molecule has 4 atom stereocenters. The van der Waals surface area contributed by atoms with Crippen LogP contribution in [0.2, 0.25) is 18.1 Å². The highest BCUT2D eigenvalue weighted by Gasteiger charge is 2.39. The zero-order chi connectivity index (χ0) is 35.3. The number of carbonyl (C=O) groups is 3.